The standard InChI is InChI=1S/C11H7F3N4OS/c12-11(13,14)19-8-3-1-7(2-4-8)9-16-10(18-17-9)20-6-5-15/h1-4H,6H2,(H,16,17,18). The number of rotatable bonds is 4. The SMILES string of the molecule is N#CCSc1n[nH]c(-c2ccc(OC(F)(F)F)cc2)n1. The van der Waals surface area contributed by atoms with Gasteiger partial charge in [0.25, 0.3) is 0 Å². The van der Waals surface area contributed by atoms with E-state index in [0.717, 1.165) is 11.8 Å². The molecule has 0 bridgehead atoms. The molecule has 5 nitrogen and oxygen atoms in total. The van der Waals surface area contributed by atoms with Crippen LogP contribution < -0.4 is 4.74 Å². The summed E-state index contributed by atoms with van der Waals surface area (Å²) in [6.45, 7) is 0. The summed E-state index contributed by atoms with van der Waals surface area (Å²) in [4.78, 5) is 4.10. The number of nitrogens with zero attached hydrogens (tertiary/aromatic N) is 3. The molecule has 0 aliphatic carbocycles. The Labute approximate surface area is 115 Å². The average molecular weight is 300 g/mol. The summed E-state index contributed by atoms with van der Waals surface area (Å²) in [6, 6.07) is 7.18. The van der Waals surface area contributed by atoms with Crippen molar-refractivity contribution in [2.24, 2.45) is 0 Å². The van der Waals surface area contributed by atoms with Crippen LogP contribution in [0.25, 0.3) is 11.4 Å². The molecule has 2 aromatic rings. The number of benzene rings is 1. The van der Waals surface area contributed by atoms with E-state index in [-0.39, 0.29) is 11.5 Å². The van der Waals surface area contributed by atoms with Gasteiger partial charge in [-0.25, -0.2) is 4.98 Å². The molecule has 1 aromatic carbocycles. The van der Waals surface area contributed by atoms with E-state index in [0.29, 0.717) is 16.5 Å². The first-order valence-corrected chi connectivity index (χ1v) is 6.25. The highest BCUT2D eigenvalue weighted by Crippen LogP contribution is 2.25. The smallest absolute Gasteiger partial charge is 0.406 e. The Hall–Kier alpha value is -2.21. The van der Waals surface area contributed by atoms with Crippen LogP contribution in [0.5, 0.6) is 5.75 Å². The fourth-order valence-corrected chi connectivity index (χ4v) is 1.81. The molecule has 104 valence electrons. The van der Waals surface area contributed by atoms with Crippen LogP contribution in [0.3, 0.4) is 0 Å². The minimum absolute atomic E-state index is 0.218. The number of ether oxygens (including phenoxy) is 1. The Balaban J connectivity index is 2.10. The molecule has 0 fully saturated rings. The van der Waals surface area contributed by atoms with E-state index in [1.54, 1.807) is 0 Å². The van der Waals surface area contributed by atoms with Gasteiger partial charge < -0.3 is 4.74 Å². The summed E-state index contributed by atoms with van der Waals surface area (Å²) in [6.07, 6.45) is -4.71. The van der Waals surface area contributed by atoms with E-state index in [1.807, 2.05) is 6.07 Å². The molecule has 0 saturated heterocycles. The maximum Gasteiger partial charge on any atom is 0.573 e. The summed E-state index contributed by atoms with van der Waals surface area (Å²) >= 11 is 1.16. The third-order valence-corrected chi connectivity index (χ3v) is 2.81. The van der Waals surface area contributed by atoms with Crippen LogP contribution in [0.1, 0.15) is 0 Å². The van der Waals surface area contributed by atoms with Gasteiger partial charge in [0.05, 0.1) is 11.8 Å². The van der Waals surface area contributed by atoms with Crippen LogP contribution in [0.4, 0.5) is 13.2 Å². The fraction of sp³-hybridized carbons (Fsp3) is 0.182. The van der Waals surface area contributed by atoms with Gasteiger partial charge >= 0.3 is 6.36 Å². The Kier molecular flexibility index (Phi) is 4.14. The fourth-order valence-electron chi connectivity index (χ4n) is 1.35. The molecule has 1 heterocycles. The van der Waals surface area contributed by atoms with Crippen LogP contribution in [0.2, 0.25) is 0 Å². The molecule has 0 atom stereocenters. The van der Waals surface area contributed by atoms with Gasteiger partial charge in [0, 0.05) is 5.56 Å². The van der Waals surface area contributed by atoms with Crippen molar-refractivity contribution >= 4 is 11.8 Å². The van der Waals surface area contributed by atoms with E-state index in [2.05, 4.69) is 19.9 Å². The summed E-state index contributed by atoms with van der Waals surface area (Å²) in [5.41, 5.74) is 0.566. The van der Waals surface area contributed by atoms with Gasteiger partial charge in [0.2, 0.25) is 5.16 Å². The predicted molar refractivity (Wildman–Crippen MR) is 64.8 cm³/mol. The molecule has 0 aliphatic rings. The molecule has 0 aliphatic heterocycles. The molecule has 9 heteroatoms. The number of alkyl halides is 3. The van der Waals surface area contributed by atoms with Crippen molar-refractivity contribution in [3.8, 4) is 23.2 Å². The quantitative estimate of drug-likeness (QED) is 0.879. The zero-order valence-electron chi connectivity index (χ0n) is 9.81. The number of aromatic amines is 1. The second-order valence-electron chi connectivity index (χ2n) is 3.49. The maximum atomic E-state index is 12.0. The molecule has 1 aromatic heterocycles. The van der Waals surface area contributed by atoms with Crippen molar-refractivity contribution < 1.29 is 17.9 Å². The number of thioether (sulfide) groups is 1. The molecule has 0 saturated carbocycles. The van der Waals surface area contributed by atoms with Crippen LogP contribution in [-0.4, -0.2) is 27.3 Å². The monoisotopic (exact) mass is 300 g/mol. The molecular formula is C11H7F3N4OS. The van der Waals surface area contributed by atoms with Crippen molar-refractivity contribution in [1.29, 1.82) is 5.26 Å². The maximum absolute atomic E-state index is 12.0. The van der Waals surface area contributed by atoms with E-state index in [9.17, 15) is 13.2 Å². The Morgan fingerprint density at radius 3 is 2.60 bits per heavy atom. The van der Waals surface area contributed by atoms with Crippen molar-refractivity contribution in [3.05, 3.63) is 24.3 Å². The number of halogens is 3. The summed E-state index contributed by atoms with van der Waals surface area (Å²) in [5, 5.41) is 15.4. The van der Waals surface area contributed by atoms with Gasteiger partial charge in [0.15, 0.2) is 5.82 Å². The van der Waals surface area contributed by atoms with Crippen LogP contribution in [0.15, 0.2) is 29.4 Å². The first-order chi connectivity index (χ1) is 9.48. The van der Waals surface area contributed by atoms with Crippen molar-refractivity contribution in [2.75, 3.05) is 5.75 Å². The van der Waals surface area contributed by atoms with Crippen LogP contribution >= 0.6 is 11.8 Å². The van der Waals surface area contributed by atoms with Crippen molar-refractivity contribution in [1.82, 2.24) is 15.2 Å². The van der Waals surface area contributed by atoms with Crippen molar-refractivity contribution in [3.63, 3.8) is 0 Å². The number of hydrogen-bond donors (Lipinski definition) is 1. The van der Waals surface area contributed by atoms with E-state index in [1.165, 1.54) is 24.3 Å². The molecule has 0 unspecified atom stereocenters. The van der Waals surface area contributed by atoms with Gasteiger partial charge in [-0.15, -0.1) is 18.3 Å². The molecule has 0 amide bonds. The van der Waals surface area contributed by atoms with Crippen LogP contribution in [0, 0.1) is 11.3 Å². The largest absolute Gasteiger partial charge is 0.573 e. The topological polar surface area (TPSA) is 74.6 Å². The normalized spacial score (nSPS) is 11.1. The Morgan fingerprint density at radius 2 is 2.00 bits per heavy atom. The number of hydrogen-bond acceptors (Lipinski definition) is 5. The number of aromatic nitrogens is 3. The zero-order chi connectivity index (χ0) is 14.6. The molecule has 2 rings (SSSR count). The lowest BCUT2D eigenvalue weighted by Gasteiger charge is -2.08. The average Bonchev–Trinajstić information content (AvgIpc) is 2.84. The minimum atomic E-state index is -4.71. The summed E-state index contributed by atoms with van der Waals surface area (Å²) < 4.78 is 39.8. The Morgan fingerprint density at radius 1 is 1.30 bits per heavy atom. The lowest BCUT2D eigenvalue weighted by atomic mass is 10.2. The van der Waals surface area contributed by atoms with Crippen molar-refractivity contribution in [2.45, 2.75) is 11.5 Å². The lowest BCUT2D eigenvalue weighted by Crippen LogP contribution is -2.16. The van der Waals surface area contributed by atoms with Gasteiger partial charge in [-0.2, -0.15) is 5.26 Å². The highest BCUT2D eigenvalue weighted by Gasteiger charge is 2.30. The molecule has 1 N–H and O–H groups in total. The van der Waals surface area contributed by atoms with Gasteiger partial charge in [-0.1, -0.05) is 11.8 Å². The first-order valence-electron chi connectivity index (χ1n) is 5.26. The molecule has 20 heavy (non-hydrogen) atoms. The highest BCUT2D eigenvalue weighted by atomic mass is 32.2. The zero-order valence-corrected chi connectivity index (χ0v) is 10.6. The number of H-pyrrole nitrogens is 1. The molecule has 0 spiro atoms. The van der Waals surface area contributed by atoms with Gasteiger partial charge in [0.1, 0.15) is 5.75 Å². The second kappa shape index (κ2) is 5.83. The van der Waals surface area contributed by atoms with Gasteiger partial charge in [-0.05, 0) is 24.3 Å². The molecular weight excluding hydrogens is 293 g/mol. The number of nitrogens with one attached hydrogen (secondary N) is 1. The number of nitriles is 1. The highest BCUT2D eigenvalue weighted by molar-refractivity contribution is 7.99. The Bertz CT molecular complexity index is 618. The van der Waals surface area contributed by atoms with Gasteiger partial charge in [-0.3, -0.25) is 5.10 Å². The van der Waals surface area contributed by atoms with E-state index >= 15 is 0 Å². The van der Waals surface area contributed by atoms with E-state index in [4.69, 9.17) is 5.26 Å². The summed E-state index contributed by atoms with van der Waals surface area (Å²) in [7, 11) is 0. The first kappa shape index (κ1) is 14.2. The van der Waals surface area contributed by atoms with E-state index < -0.39 is 6.36 Å². The third-order valence-electron chi connectivity index (χ3n) is 2.09. The van der Waals surface area contributed by atoms with Crippen LogP contribution in [-0.2, 0) is 0 Å². The lowest BCUT2D eigenvalue weighted by molar-refractivity contribution is -0.274. The second-order valence-corrected chi connectivity index (χ2v) is 4.43. The minimum Gasteiger partial charge on any atom is -0.406 e. The summed E-state index contributed by atoms with van der Waals surface area (Å²) in [5.74, 6) is 0.319. The molecule has 0 radical (unpaired) electrons. The predicted octanol–water partition coefficient (Wildman–Crippen LogP) is 2.99. The third kappa shape index (κ3) is 3.89.